The molecule has 0 bridgehead atoms. The molecule has 8 heteroatoms. The van der Waals surface area contributed by atoms with Gasteiger partial charge in [0.1, 0.15) is 5.69 Å². The van der Waals surface area contributed by atoms with Crippen LogP contribution < -0.4 is 11.1 Å². The molecule has 1 aromatic carbocycles. The van der Waals surface area contributed by atoms with Gasteiger partial charge in [0.05, 0.1) is 17.6 Å². The number of hydrogen-bond donors (Lipinski definition) is 2. The molecule has 0 amide bonds. The molecule has 1 aromatic heterocycles. The first-order chi connectivity index (χ1) is 8.93. The molecule has 0 aliphatic heterocycles. The molecule has 1 heterocycles. The van der Waals surface area contributed by atoms with Crippen molar-refractivity contribution in [3.63, 3.8) is 0 Å². The summed E-state index contributed by atoms with van der Waals surface area (Å²) in [6, 6.07) is 1.23. The molecule has 0 radical (unpaired) electrons. The molecular formula is C11H6F5N3. The summed E-state index contributed by atoms with van der Waals surface area (Å²) < 4.78 is 65.5. The van der Waals surface area contributed by atoms with E-state index in [1.807, 2.05) is 0 Å². The van der Waals surface area contributed by atoms with Crippen LogP contribution in [0.3, 0.4) is 0 Å². The SMILES string of the molecule is Nc1cnccc1Nc1c(F)c(F)c(F)c(F)c1F. The highest BCUT2D eigenvalue weighted by molar-refractivity contribution is 5.72. The third-order valence-electron chi connectivity index (χ3n) is 2.32. The van der Waals surface area contributed by atoms with E-state index in [2.05, 4.69) is 10.3 Å². The number of nitrogens with two attached hydrogens (primary N) is 1. The Hall–Kier alpha value is -2.38. The van der Waals surface area contributed by atoms with E-state index in [0.29, 0.717) is 0 Å². The maximum absolute atomic E-state index is 13.4. The van der Waals surface area contributed by atoms with Crippen molar-refractivity contribution in [1.82, 2.24) is 4.98 Å². The highest BCUT2D eigenvalue weighted by Crippen LogP contribution is 2.30. The second kappa shape index (κ2) is 4.71. The normalized spacial score (nSPS) is 10.6. The third kappa shape index (κ3) is 2.16. The van der Waals surface area contributed by atoms with Gasteiger partial charge in [-0.3, -0.25) is 4.98 Å². The number of nitrogens with zero attached hydrogens (tertiary/aromatic N) is 1. The van der Waals surface area contributed by atoms with Crippen LogP contribution in [-0.2, 0) is 0 Å². The summed E-state index contributed by atoms with van der Waals surface area (Å²) in [5.41, 5.74) is 4.23. The van der Waals surface area contributed by atoms with Crippen molar-refractivity contribution < 1.29 is 22.0 Å². The predicted molar refractivity (Wildman–Crippen MR) is 58.2 cm³/mol. The molecule has 2 aromatic rings. The molecule has 0 fully saturated rings. The van der Waals surface area contributed by atoms with Crippen molar-refractivity contribution >= 4 is 17.1 Å². The van der Waals surface area contributed by atoms with Crippen molar-refractivity contribution in [3.8, 4) is 0 Å². The molecule has 0 unspecified atom stereocenters. The van der Waals surface area contributed by atoms with Crippen LogP contribution in [0.5, 0.6) is 0 Å². The van der Waals surface area contributed by atoms with Crippen LogP contribution in [0, 0.1) is 29.1 Å². The number of halogens is 5. The zero-order chi connectivity index (χ0) is 14.2. The van der Waals surface area contributed by atoms with Gasteiger partial charge in [-0.2, -0.15) is 0 Å². The van der Waals surface area contributed by atoms with Crippen molar-refractivity contribution in [2.45, 2.75) is 0 Å². The molecule has 3 N–H and O–H groups in total. The summed E-state index contributed by atoms with van der Waals surface area (Å²) in [7, 11) is 0. The van der Waals surface area contributed by atoms with Crippen LogP contribution in [0.4, 0.5) is 39.0 Å². The van der Waals surface area contributed by atoms with E-state index in [0.717, 1.165) is 6.20 Å². The van der Waals surface area contributed by atoms with Crippen LogP contribution in [0.1, 0.15) is 0 Å². The largest absolute Gasteiger partial charge is 0.396 e. The van der Waals surface area contributed by atoms with E-state index < -0.39 is 34.8 Å². The van der Waals surface area contributed by atoms with E-state index in [4.69, 9.17) is 5.73 Å². The number of aromatic nitrogens is 1. The molecule has 100 valence electrons. The van der Waals surface area contributed by atoms with Crippen molar-refractivity contribution in [3.05, 3.63) is 47.5 Å². The fraction of sp³-hybridized carbons (Fsp3) is 0. The maximum atomic E-state index is 13.4. The second-order valence-electron chi connectivity index (χ2n) is 3.53. The number of pyridine rings is 1. The molecule has 0 atom stereocenters. The van der Waals surface area contributed by atoms with Crippen LogP contribution in [0.2, 0.25) is 0 Å². The Labute approximate surface area is 103 Å². The van der Waals surface area contributed by atoms with Crippen molar-refractivity contribution in [1.29, 1.82) is 0 Å². The van der Waals surface area contributed by atoms with Gasteiger partial charge >= 0.3 is 0 Å². The van der Waals surface area contributed by atoms with Gasteiger partial charge in [-0.25, -0.2) is 22.0 Å². The minimum Gasteiger partial charge on any atom is -0.396 e. The molecular weight excluding hydrogens is 269 g/mol. The highest BCUT2D eigenvalue weighted by atomic mass is 19.2. The summed E-state index contributed by atoms with van der Waals surface area (Å²) in [4.78, 5) is 3.62. The number of nitrogen functional groups attached to an aromatic ring is 1. The average molecular weight is 275 g/mol. The van der Waals surface area contributed by atoms with Crippen LogP contribution in [-0.4, -0.2) is 4.98 Å². The monoisotopic (exact) mass is 275 g/mol. The van der Waals surface area contributed by atoms with Crippen LogP contribution in [0.15, 0.2) is 18.5 Å². The first-order valence-corrected chi connectivity index (χ1v) is 4.91. The molecule has 0 aliphatic carbocycles. The lowest BCUT2D eigenvalue weighted by Crippen LogP contribution is -2.07. The van der Waals surface area contributed by atoms with E-state index >= 15 is 0 Å². The van der Waals surface area contributed by atoms with Gasteiger partial charge in [0.2, 0.25) is 5.82 Å². The van der Waals surface area contributed by atoms with E-state index in [9.17, 15) is 22.0 Å². The van der Waals surface area contributed by atoms with Crippen LogP contribution >= 0.6 is 0 Å². The van der Waals surface area contributed by atoms with Gasteiger partial charge in [-0.1, -0.05) is 0 Å². The van der Waals surface area contributed by atoms with Gasteiger partial charge in [-0.15, -0.1) is 0 Å². The number of anilines is 3. The number of benzene rings is 1. The number of hydrogen-bond acceptors (Lipinski definition) is 3. The molecule has 0 saturated carbocycles. The Morgan fingerprint density at radius 2 is 1.42 bits per heavy atom. The molecule has 0 saturated heterocycles. The van der Waals surface area contributed by atoms with Crippen molar-refractivity contribution in [2.24, 2.45) is 0 Å². The third-order valence-corrected chi connectivity index (χ3v) is 2.32. The Bertz CT molecular complexity index is 615. The second-order valence-corrected chi connectivity index (χ2v) is 3.53. The van der Waals surface area contributed by atoms with E-state index in [1.165, 1.54) is 12.3 Å². The van der Waals surface area contributed by atoms with Gasteiger partial charge in [0.15, 0.2) is 23.3 Å². The number of rotatable bonds is 2. The minimum atomic E-state index is -2.22. The Kier molecular flexibility index (Phi) is 3.24. The smallest absolute Gasteiger partial charge is 0.200 e. The standard InChI is InChI=1S/C11H6F5N3/c12-6-7(13)9(15)11(10(16)8(6)14)19-5-1-2-18-3-4(5)17/h1-3H,17H2,(H,18,19). The molecule has 19 heavy (non-hydrogen) atoms. The zero-order valence-corrected chi connectivity index (χ0v) is 9.15. The summed E-state index contributed by atoms with van der Waals surface area (Å²) in [5.74, 6) is -10.2. The molecule has 3 nitrogen and oxygen atoms in total. The Morgan fingerprint density at radius 1 is 0.895 bits per heavy atom. The van der Waals surface area contributed by atoms with Crippen LogP contribution in [0.25, 0.3) is 0 Å². The lowest BCUT2D eigenvalue weighted by molar-refractivity contribution is 0.382. The number of nitrogens with one attached hydrogen (secondary N) is 1. The highest BCUT2D eigenvalue weighted by Gasteiger charge is 2.26. The fourth-order valence-electron chi connectivity index (χ4n) is 1.37. The minimum absolute atomic E-state index is 0.00792. The Balaban J connectivity index is 2.56. The molecule has 2 rings (SSSR count). The summed E-state index contributed by atoms with van der Waals surface area (Å²) in [6.45, 7) is 0. The van der Waals surface area contributed by atoms with Crippen molar-refractivity contribution in [2.75, 3.05) is 11.1 Å². The first kappa shape index (κ1) is 13.1. The maximum Gasteiger partial charge on any atom is 0.200 e. The lowest BCUT2D eigenvalue weighted by atomic mass is 10.2. The predicted octanol–water partition coefficient (Wildman–Crippen LogP) is 3.10. The topological polar surface area (TPSA) is 50.9 Å². The van der Waals surface area contributed by atoms with E-state index in [-0.39, 0.29) is 11.4 Å². The Morgan fingerprint density at radius 3 is 1.95 bits per heavy atom. The van der Waals surface area contributed by atoms with E-state index in [1.54, 1.807) is 0 Å². The zero-order valence-electron chi connectivity index (χ0n) is 9.15. The summed E-state index contributed by atoms with van der Waals surface area (Å²) >= 11 is 0. The lowest BCUT2D eigenvalue weighted by Gasteiger charge is -2.12. The average Bonchev–Trinajstić information content (AvgIpc) is 2.41. The quantitative estimate of drug-likeness (QED) is 0.503. The summed E-state index contributed by atoms with van der Waals surface area (Å²) in [5, 5.41) is 2.06. The molecule has 0 spiro atoms. The fourth-order valence-corrected chi connectivity index (χ4v) is 1.37. The first-order valence-electron chi connectivity index (χ1n) is 4.91. The van der Waals surface area contributed by atoms with Gasteiger partial charge < -0.3 is 11.1 Å². The van der Waals surface area contributed by atoms with Gasteiger partial charge in [0.25, 0.3) is 0 Å². The molecule has 0 aliphatic rings. The van der Waals surface area contributed by atoms with Gasteiger partial charge in [0, 0.05) is 6.20 Å². The van der Waals surface area contributed by atoms with Gasteiger partial charge in [-0.05, 0) is 6.07 Å². The summed E-state index contributed by atoms with van der Waals surface area (Å²) in [6.07, 6.45) is 2.40.